The maximum absolute atomic E-state index is 14.1. The van der Waals surface area contributed by atoms with Gasteiger partial charge in [0.25, 0.3) is 0 Å². The fourth-order valence-corrected chi connectivity index (χ4v) is 2.86. The standard InChI is InChI=1S/C16H21ClFN3/c1-3-14-12(8-9-19)15(4-2)21(20-14)10-11-6-5-7-13(17)16(11)18/h5-7H,3-4,8-10,19H2,1-2H3. The summed E-state index contributed by atoms with van der Waals surface area (Å²) >= 11 is 5.85. The van der Waals surface area contributed by atoms with Gasteiger partial charge in [-0.2, -0.15) is 5.10 Å². The third kappa shape index (κ3) is 3.27. The van der Waals surface area contributed by atoms with Crippen molar-refractivity contribution in [3.8, 4) is 0 Å². The minimum atomic E-state index is -0.366. The molecule has 2 N–H and O–H groups in total. The highest BCUT2D eigenvalue weighted by Crippen LogP contribution is 2.22. The molecule has 0 saturated carbocycles. The lowest BCUT2D eigenvalue weighted by molar-refractivity contribution is 0.573. The summed E-state index contributed by atoms with van der Waals surface area (Å²) in [7, 11) is 0. The third-order valence-corrected chi connectivity index (χ3v) is 3.96. The van der Waals surface area contributed by atoms with Gasteiger partial charge in [0.15, 0.2) is 0 Å². The van der Waals surface area contributed by atoms with Crippen LogP contribution in [0.3, 0.4) is 0 Å². The van der Waals surface area contributed by atoms with Gasteiger partial charge in [0.1, 0.15) is 5.82 Å². The smallest absolute Gasteiger partial charge is 0.146 e. The first-order chi connectivity index (χ1) is 10.1. The Kier molecular flexibility index (Phi) is 5.37. The van der Waals surface area contributed by atoms with E-state index in [1.807, 2.05) is 4.68 Å². The maximum Gasteiger partial charge on any atom is 0.146 e. The molecule has 2 aromatic rings. The van der Waals surface area contributed by atoms with E-state index in [4.69, 9.17) is 17.3 Å². The topological polar surface area (TPSA) is 43.8 Å². The Bertz CT molecular complexity index is 622. The van der Waals surface area contributed by atoms with E-state index < -0.39 is 0 Å². The van der Waals surface area contributed by atoms with Gasteiger partial charge >= 0.3 is 0 Å². The molecule has 0 saturated heterocycles. The molecule has 2 rings (SSSR count). The normalized spacial score (nSPS) is 11.1. The van der Waals surface area contributed by atoms with Crippen molar-refractivity contribution in [3.63, 3.8) is 0 Å². The van der Waals surface area contributed by atoms with E-state index in [-0.39, 0.29) is 10.8 Å². The van der Waals surface area contributed by atoms with Crippen molar-refractivity contribution in [2.45, 2.75) is 39.7 Å². The minimum Gasteiger partial charge on any atom is -0.330 e. The minimum absolute atomic E-state index is 0.149. The van der Waals surface area contributed by atoms with E-state index in [0.717, 1.165) is 30.7 Å². The molecule has 0 atom stereocenters. The highest BCUT2D eigenvalue weighted by atomic mass is 35.5. The van der Waals surface area contributed by atoms with Crippen molar-refractivity contribution < 1.29 is 4.39 Å². The molecule has 0 unspecified atom stereocenters. The summed E-state index contributed by atoms with van der Waals surface area (Å²) < 4.78 is 16.0. The van der Waals surface area contributed by atoms with Crippen LogP contribution in [-0.4, -0.2) is 16.3 Å². The van der Waals surface area contributed by atoms with Crippen LogP contribution in [0.2, 0.25) is 5.02 Å². The van der Waals surface area contributed by atoms with Gasteiger partial charge in [-0.15, -0.1) is 0 Å². The molecule has 1 aromatic carbocycles. The molecular weight excluding hydrogens is 289 g/mol. The van der Waals surface area contributed by atoms with Crippen molar-refractivity contribution in [1.82, 2.24) is 9.78 Å². The summed E-state index contributed by atoms with van der Waals surface area (Å²) in [5.74, 6) is -0.366. The summed E-state index contributed by atoms with van der Waals surface area (Å²) in [5, 5.41) is 4.78. The first kappa shape index (κ1) is 16.0. The molecule has 0 bridgehead atoms. The number of hydrogen-bond acceptors (Lipinski definition) is 2. The van der Waals surface area contributed by atoms with Gasteiger partial charge in [0.2, 0.25) is 0 Å². The number of aromatic nitrogens is 2. The lowest BCUT2D eigenvalue weighted by atomic mass is 10.1. The Balaban J connectivity index is 2.42. The van der Waals surface area contributed by atoms with Gasteiger partial charge in [-0.1, -0.05) is 37.6 Å². The van der Waals surface area contributed by atoms with Crippen LogP contribution in [0.5, 0.6) is 0 Å². The van der Waals surface area contributed by atoms with E-state index in [9.17, 15) is 4.39 Å². The SMILES string of the molecule is CCc1nn(Cc2cccc(Cl)c2F)c(CC)c1CCN. The summed E-state index contributed by atoms with van der Waals surface area (Å²) in [4.78, 5) is 0. The van der Waals surface area contributed by atoms with Gasteiger partial charge in [-0.05, 0) is 37.4 Å². The average molecular weight is 310 g/mol. The van der Waals surface area contributed by atoms with Gasteiger partial charge in [0, 0.05) is 11.3 Å². The Labute approximate surface area is 129 Å². The van der Waals surface area contributed by atoms with Crippen LogP contribution in [0.1, 0.15) is 36.4 Å². The quantitative estimate of drug-likeness (QED) is 0.889. The maximum atomic E-state index is 14.1. The molecule has 0 amide bonds. The first-order valence-corrected chi connectivity index (χ1v) is 7.70. The Morgan fingerprint density at radius 1 is 1.29 bits per heavy atom. The van der Waals surface area contributed by atoms with Gasteiger partial charge in [0.05, 0.1) is 17.3 Å². The number of halogens is 2. The van der Waals surface area contributed by atoms with E-state index in [2.05, 4.69) is 18.9 Å². The molecule has 21 heavy (non-hydrogen) atoms. The molecular formula is C16H21ClFN3. The molecule has 0 aliphatic heterocycles. The second-order valence-electron chi connectivity index (χ2n) is 4.99. The predicted molar refractivity (Wildman–Crippen MR) is 84.3 cm³/mol. The van der Waals surface area contributed by atoms with Crippen molar-refractivity contribution in [2.75, 3.05) is 6.54 Å². The van der Waals surface area contributed by atoms with Gasteiger partial charge in [-0.3, -0.25) is 4.68 Å². The summed E-state index contributed by atoms with van der Waals surface area (Å²) in [6, 6.07) is 5.06. The molecule has 0 radical (unpaired) electrons. The summed E-state index contributed by atoms with van der Waals surface area (Å²) in [6.07, 6.45) is 2.52. The van der Waals surface area contributed by atoms with E-state index in [0.29, 0.717) is 18.7 Å². The summed E-state index contributed by atoms with van der Waals surface area (Å²) in [5.41, 5.74) is 9.66. The number of rotatable bonds is 6. The lowest BCUT2D eigenvalue weighted by Gasteiger charge is -2.09. The molecule has 0 aliphatic carbocycles. The average Bonchev–Trinajstić information content (AvgIpc) is 2.81. The van der Waals surface area contributed by atoms with Gasteiger partial charge < -0.3 is 5.73 Å². The van der Waals surface area contributed by atoms with Crippen LogP contribution < -0.4 is 5.73 Å². The van der Waals surface area contributed by atoms with Crippen molar-refractivity contribution in [3.05, 3.63) is 51.6 Å². The van der Waals surface area contributed by atoms with Crippen LogP contribution in [0, 0.1) is 5.82 Å². The molecule has 114 valence electrons. The van der Waals surface area contributed by atoms with Crippen LogP contribution in [0.4, 0.5) is 4.39 Å². The largest absolute Gasteiger partial charge is 0.330 e. The van der Waals surface area contributed by atoms with Crippen LogP contribution in [-0.2, 0) is 25.8 Å². The molecule has 5 heteroatoms. The second-order valence-corrected chi connectivity index (χ2v) is 5.40. The van der Waals surface area contributed by atoms with Gasteiger partial charge in [-0.25, -0.2) is 4.39 Å². The molecule has 1 aromatic heterocycles. The van der Waals surface area contributed by atoms with Crippen molar-refractivity contribution >= 4 is 11.6 Å². The van der Waals surface area contributed by atoms with E-state index in [1.54, 1.807) is 18.2 Å². The zero-order valence-corrected chi connectivity index (χ0v) is 13.3. The molecule has 0 aliphatic rings. The second kappa shape index (κ2) is 7.05. The molecule has 3 nitrogen and oxygen atoms in total. The fourth-order valence-electron chi connectivity index (χ4n) is 2.66. The van der Waals surface area contributed by atoms with E-state index >= 15 is 0 Å². The van der Waals surface area contributed by atoms with Crippen molar-refractivity contribution in [2.24, 2.45) is 5.73 Å². The van der Waals surface area contributed by atoms with E-state index in [1.165, 1.54) is 5.56 Å². The number of nitrogens with two attached hydrogens (primary N) is 1. The lowest BCUT2D eigenvalue weighted by Crippen LogP contribution is -2.10. The summed E-state index contributed by atoms with van der Waals surface area (Å²) in [6.45, 7) is 5.15. The highest BCUT2D eigenvalue weighted by Gasteiger charge is 2.16. The predicted octanol–water partition coefficient (Wildman–Crippen LogP) is 3.35. The first-order valence-electron chi connectivity index (χ1n) is 7.32. The highest BCUT2D eigenvalue weighted by molar-refractivity contribution is 6.30. The number of aryl methyl sites for hydroxylation is 1. The Hall–Kier alpha value is -1.39. The zero-order valence-electron chi connectivity index (χ0n) is 12.5. The Morgan fingerprint density at radius 2 is 2.05 bits per heavy atom. The fraction of sp³-hybridized carbons (Fsp3) is 0.438. The van der Waals surface area contributed by atoms with Crippen molar-refractivity contribution in [1.29, 1.82) is 0 Å². The van der Waals surface area contributed by atoms with Crippen LogP contribution in [0.25, 0.3) is 0 Å². The number of nitrogens with zero attached hydrogens (tertiary/aromatic N) is 2. The van der Waals surface area contributed by atoms with Crippen LogP contribution >= 0.6 is 11.6 Å². The third-order valence-electron chi connectivity index (χ3n) is 3.67. The monoisotopic (exact) mass is 309 g/mol. The number of benzene rings is 1. The zero-order chi connectivity index (χ0) is 15.4. The molecule has 1 heterocycles. The molecule has 0 spiro atoms. The van der Waals surface area contributed by atoms with Crippen LogP contribution in [0.15, 0.2) is 18.2 Å². The Morgan fingerprint density at radius 3 is 2.67 bits per heavy atom. The molecule has 0 fully saturated rings. The number of hydrogen-bond donors (Lipinski definition) is 1.